The van der Waals surface area contributed by atoms with E-state index in [-0.39, 0.29) is 11.5 Å². The van der Waals surface area contributed by atoms with E-state index in [4.69, 9.17) is 10.5 Å². The van der Waals surface area contributed by atoms with Gasteiger partial charge in [0.15, 0.2) is 0 Å². The van der Waals surface area contributed by atoms with Crippen molar-refractivity contribution < 1.29 is 9.53 Å². The third-order valence-electron chi connectivity index (χ3n) is 3.57. The number of esters is 1. The van der Waals surface area contributed by atoms with Crippen molar-refractivity contribution in [1.82, 2.24) is 0 Å². The maximum Gasteiger partial charge on any atom is 0.338 e. The molecule has 0 saturated heterocycles. The molecular formula is C16H23NO2. The van der Waals surface area contributed by atoms with Crippen LogP contribution in [0.2, 0.25) is 0 Å². The van der Waals surface area contributed by atoms with E-state index < -0.39 is 5.60 Å². The summed E-state index contributed by atoms with van der Waals surface area (Å²) in [5.41, 5.74) is 7.32. The van der Waals surface area contributed by atoms with Crippen LogP contribution in [0.15, 0.2) is 24.3 Å². The van der Waals surface area contributed by atoms with Crippen LogP contribution in [0, 0.1) is 0 Å². The largest absolute Gasteiger partial charge is 0.456 e. The molecule has 0 heterocycles. The SMILES string of the molecule is CC(C)(C)OC(=O)c1cccc(C2(N)CCCC2)c1. The van der Waals surface area contributed by atoms with Crippen LogP contribution < -0.4 is 5.73 Å². The molecule has 2 N–H and O–H groups in total. The second-order valence-electron chi connectivity index (χ2n) is 6.45. The highest BCUT2D eigenvalue weighted by atomic mass is 16.6. The first-order chi connectivity index (χ1) is 8.80. The fourth-order valence-corrected chi connectivity index (χ4v) is 2.59. The van der Waals surface area contributed by atoms with E-state index in [0.717, 1.165) is 31.2 Å². The molecule has 0 unspecified atom stereocenters. The highest BCUT2D eigenvalue weighted by Gasteiger charge is 2.31. The molecule has 1 aromatic rings. The van der Waals surface area contributed by atoms with Crippen molar-refractivity contribution in [2.45, 2.75) is 57.6 Å². The lowest BCUT2D eigenvalue weighted by atomic mass is 9.88. The monoisotopic (exact) mass is 261 g/mol. The Balaban J connectivity index is 2.22. The summed E-state index contributed by atoms with van der Waals surface area (Å²) >= 11 is 0. The summed E-state index contributed by atoms with van der Waals surface area (Å²) in [6.07, 6.45) is 4.30. The molecule has 1 aliphatic carbocycles. The Bertz CT molecular complexity index is 468. The Morgan fingerprint density at radius 1 is 1.26 bits per heavy atom. The first kappa shape index (κ1) is 14.1. The lowest BCUT2D eigenvalue weighted by Crippen LogP contribution is -2.33. The van der Waals surface area contributed by atoms with Crippen LogP contribution in [0.25, 0.3) is 0 Å². The van der Waals surface area contributed by atoms with Gasteiger partial charge >= 0.3 is 5.97 Å². The van der Waals surface area contributed by atoms with E-state index in [1.807, 2.05) is 39.0 Å². The highest BCUT2D eigenvalue weighted by Crippen LogP contribution is 2.36. The Morgan fingerprint density at radius 2 is 1.89 bits per heavy atom. The Kier molecular flexibility index (Phi) is 3.68. The predicted octanol–water partition coefficient (Wildman–Crippen LogP) is 3.37. The van der Waals surface area contributed by atoms with Crippen molar-refractivity contribution in [2.75, 3.05) is 0 Å². The van der Waals surface area contributed by atoms with Gasteiger partial charge in [0.1, 0.15) is 5.60 Å². The van der Waals surface area contributed by atoms with Crippen LogP contribution in [0.1, 0.15) is 62.4 Å². The summed E-state index contributed by atoms with van der Waals surface area (Å²) < 4.78 is 5.39. The van der Waals surface area contributed by atoms with E-state index in [0.29, 0.717) is 5.56 Å². The van der Waals surface area contributed by atoms with Gasteiger partial charge < -0.3 is 10.5 Å². The molecule has 1 aliphatic rings. The second kappa shape index (κ2) is 4.97. The first-order valence-corrected chi connectivity index (χ1v) is 6.93. The smallest absolute Gasteiger partial charge is 0.338 e. The van der Waals surface area contributed by atoms with Crippen molar-refractivity contribution >= 4 is 5.97 Å². The Morgan fingerprint density at radius 3 is 2.47 bits per heavy atom. The predicted molar refractivity (Wildman–Crippen MR) is 75.9 cm³/mol. The van der Waals surface area contributed by atoms with E-state index in [9.17, 15) is 4.79 Å². The maximum atomic E-state index is 12.1. The second-order valence-corrected chi connectivity index (χ2v) is 6.45. The van der Waals surface area contributed by atoms with Crippen molar-refractivity contribution in [2.24, 2.45) is 5.73 Å². The minimum Gasteiger partial charge on any atom is -0.456 e. The third-order valence-corrected chi connectivity index (χ3v) is 3.57. The molecule has 0 radical (unpaired) electrons. The van der Waals surface area contributed by atoms with Gasteiger partial charge in [0.2, 0.25) is 0 Å². The number of carbonyl (C=O) groups is 1. The average Bonchev–Trinajstić information content (AvgIpc) is 2.76. The number of ether oxygens (including phenoxy) is 1. The summed E-state index contributed by atoms with van der Waals surface area (Å²) in [7, 11) is 0. The summed E-state index contributed by atoms with van der Waals surface area (Å²) in [5, 5.41) is 0. The minimum atomic E-state index is -0.471. The van der Waals surface area contributed by atoms with Crippen LogP contribution in [-0.4, -0.2) is 11.6 Å². The van der Waals surface area contributed by atoms with Gasteiger partial charge in [-0.25, -0.2) is 4.79 Å². The number of nitrogens with two attached hydrogens (primary N) is 1. The molecule has 0 aliphatic heterocycles. The summed E-state index contributed by atoms with van der Waals surface area (Å²) in [6, 6.07) is 7.58. The van der Waals surface area contributed by atoms with E-state index >= 15 is 0 Å². The Labute approximate surface area is 115 Å². The lowest BCUT2D eigenvalue weighted by Gasteiger charge is -2.25. The number of benzene rings is 1. The molecular weight excluding hydrogens is 238 g/mol. The van der Waals surface area contributed by atoms with Crippen LogP contribution in [-0.2, 0) is 10.3 Å². The topological polar surface area (TPSA) is 52.3 Å². The van der Waals surface area contributed by atoms with Crippen molar-refractivity contribution in [3.63, 3.8) is 0 Å². The summed E-state index contributed by atoms with van der Waals surface area (Å²) in [4.78, 5) is 12.1. The van der Waals surface area contributed by atoms with Gasteiger partial charge in [-0.05, 0) is 51.3 Å². The molecule has 3 nitrogen and oxygen atoms in total. The average molecular weight is 261 g/mol. The molecule has 0 bridgehead atoms. The van der Waals surface area contributed by atoms with Gasteiger partial charge in [-0.2, -0.15) is 0 Å². The molecule has 1 aromatic carbocycles. The van der Waals surface area contributed by atoms with Crippen LogP contribution >= 0.6 is 0 Å². The van der Waals surface area contributed by atoms with Crippen molar-refractivity contribution in [3.05, 3.63) is 35.4 Å². The molecule has 0 amide bonds. The van der Waals surface area contributed by atoms with E-state index in [1.54, 1.807) is 6.07 Å². The standard InChI is InChI=1S/C16H23NO2/c1-15(2,3)19-14(18)12-7-6-8-13(11-12)16(17)9-4-5-10-16/h6-8,11H,4-5,9-10,17H2,1-3H3. The summed E-state index contributed by atoms with van der Waals surface area (Å²) in [5.74, 6) is -0.282. The van der Waals surface area contributed by atoms with E-state index in [1.165, 1.54) is 0 Å². The number of hydrogen-bond acceptors (Lipinski definition) is 3. The fourth-order valence-electron chi connectivity index (χ4n) is 2.59. The third kappa shape index (κ3) is 3.35. The zero-order valence-electron chi connectivity index (χ0n) is 12.0. The number of rotatable bonds is 2. The van der Waals surface area contributed by atoms with Crippen molar-refractivity contribution in [1.29, 1.82) is 0 Å². The van der Waals surface area contributed by atoms with Gasteiger partial charge in [0.25, 0.3) is 0 Å². The molecule has 1 saturated carbocycles. The molecule has 19 heavy (non-hydrogen) atoms. The molecule has 1 fully saturated rings. The molecule has 0 spiro atoms. The zero-order chi connectivity index (χ0) is 14.1. The first-order valence-electron chi connectivity index (χ1n) is 6.93. The molecule has 104 valence electrons. The van der Waals surface area contributed by atoms with Gasteiger partial charge in [-0.1, -0.05) is 25.0 Å². The van der Waals surface area contributed by atoms with E-state index in [2.05, 4.69) is 0 Å². The molecule has 2 rings (SSSR count). The fraction of sp³-hybridized carbons (Fsp3) is 0.562. The number of hydrogen-bond donors (Lipinski definition) is 1. The zero-order valence-corrected chi connectivity index (χ0v) is 12.0. The van der Waals surface area contributed by atoms with Gasteiger partial charge in [0.05, 0.1) is 5.56 Å². The van der Waals surface area contributed by atoms with Gasteiger partial charge in [0, 0.05) is 5.54 Å². The normalized spacial score (nSPS) is 18.3. The molecule has 0 atom stereocenters. The van der Waals surface area contributed by atoms with Crippen molar-refractivity contribution in [3.8, 4) is 0 Å². The lowest BCUT2D eigenvalue weighted by molar-refractivity contribution is 0.00693. The van der Waals surface area contributed by atoms with Gasteiger partial charge in [-0.15, -0.1) is 0 Å². The highest BCUT2D eigenvalue weighted by molar-refractivity contribution is 5.89. The minimum absolute atomic E-state index is 0.266. The van der Waals surface area contributed by atoms with Crippen LogP contribution in [0.3, 0.4) is 0 Å². The maximum absolute atomic E-state index is 12.1. The summed E-state index contributed by atoms with van der Waals surface area (Å²) in [6.45, 7) is 5.61. The quantitative estimate of drug-likeness (QED) is 0.830. The molecule has 0 aromatic heterocycles. The van der Waals surface area contributed by atoms with Gasteiger partial charge in [-0.3, -0.25) is 0 Å². The molecule has 3 heteroatoms. The van der Waals surface area contributed by atoms with Crippen LogP contribution in [0.5, 0.6) is 0 Å². The Hall–Kier alpha value is -1.35. The van der Waals surface area contributed by atoms with Crippen LogP contribution in [0.4, 0.5) is 0 Å². The number of carbonyl (C=O) groups excluding carboxylic acids is 1.